The van der Waals surface area contributed by atoms with Gasteiger partial charge in [-0.3, -0.25) is 0 Å². The van der Waals surface area contributed by atoms with E-state index in [0.29, 0.717) is 23.5 Å². The van der Waals surface area contributed by atoms with Crippen molar-refractivity contribution in [1.82, 2.24) is 14.9 Å². The van der Waals surface area contributed by atoms with Crippen molar-refractivity contribution in [1.29, 1.82) is 0 Å². The first-order valence-electron chi connectivity index (χ1n) is 6.89. The molecule has 0 unspecified atom stereocenters. The van der Waals surface area contributed by atoms with E-state index < -0.39 is 12.0 Å². The maximum Gasteiger partial charge on any atom is 0.453 e. The molecule has 126 valence electrons. The summed E-state index contributed by atoms with van der Waals surface area (Å²) in [6.07, 6.45) is -3.96. The largest absolute Gasteiger partial charge is 0.494 e. The lowest BCUT2D eigenvalue weighted by Gasteiger charge is -2.08. The fourth-order valence-corrected chi connectivity index (χ4v) is 2.77. The van der Waals surface area contributed by atoms with Crippen LogP contribution in [0.5, 0.6) is 5.75 Å². The van der Waals surface area contributed by atoms with Crippen LogP contribution < -0.4 is 10.6 Å². The number of nitrogens with two attached hydrogens (primary N) is 1. The number of nitrogens with zero attached hydrogens (tertiary/aromatic N) is 3. The van der Waals surface area contributed by atoms with Gasteiger partial charge in [-0.05, 0) is 43.5 Å². The summed E-state index contributed by atoms with van der Waals surface area (Å²) in [4.78, 5) is 0. The van der Waals surface area contributed by atoms with E-state index in [2.05, 4.69) is 16.3 Å². The average molecular weight is 346 g/mol. The zero-order valence-electron chi connectivity index (χ0n) is 12.7. The second-order valence-electron chi connectivity index (χ2n) is 5.05. The molecule has 0 radical (unpaired) electrons. The number of thioether (sulfide) groups is 1. The highest BCUT2D eigenvalue weighted by molar-refractivity contribution is 7.99. The van der Waals surface area contributed by atoms with Crippen molar-refractivity contribution in [2.45, 2.75) is 31.6 Å². The third-order valence-electron chi connectivity index (χ3n) is 2.90. The van der Waals surface area contributed by atoms with Crippen LogP contribution in [0, 0.1) is 13.8 Å². The Labute approximate surface area is 136 Å². The summed E-state index contributed by atoms with van der Waals surface area (Å²) >= 11 is 1.11. The number of halogens is 3. The van der Waals surface area contributed by atoms with Crippen molar-refractivity contribution in [3.63, 3.8) is 0 Å². The van der Waals surface area contributed by atoms with Crippen molar-refractivity contribution in [3.05, 3.63) is 35.2 Å². The number of hydrogen-bond donors (Lipinski definition) is 1. The molecule has 2 rings (SSSR count). The van der Waals surface area contributed by atoms with Crippen LogP contribution in [0.4, 0.5) is 13.2 Å². The van der Waals surface area contributed by atoms with E-state index >= 15 is 0 Å². The molecule has 5 nitrogen and oxygen atoms in total. The highest BCUT2D eigenvalue weighted by atomic mass is 32.2. The van der Waals surface area contributed by atoms with Crippen molar-refractivity contribution < 1.29 is 17.9 Å². The zero-order chi connectivity index (χ0) is 17.0. The van der Waals surface area contributed by atoms with Gasteiger partial charge in [0.15, 0.2) is 0 Å². The molecule has 9 heteroatoms. The zero-order valence-corrected chi connectivity index (χ0v) is 13.5. The average Bonchev–Trinajstić information content (AvgIpc) is 2.78. The SMILES string of the molecule is Cc1cc(C)cc(OCCCSc2nnc(C(F)(F)F)n2N)c1. The van der Waals surface area contributed by atoms with E-state index in [1.807, 2.05) is 26.0 Å². The minimum atomic E-state index is -4.60. The Morgan fingerprint density at radius 2 is 1.83 bits per heavy atom. The molecule has 0 aliphatic rings. The lowest BCUT2D eigenvalue weighted by atomic mass is 10.1. The van der Waals surface area contributed by atoms with Gasteiger partial charge in [-0.2, -0.15) is 13.2 Å². The molecular formula is C14H17F3N4OS. The van der Waals surface area contributed by atoms with Crippen molar-refractivity contribution in [2.75, 3.05) is 18.2 Å². The molecule has 0 fully saturated rings. The number of benzene rings is 1. The van der Waals surface area contributed by atoms with Gasteiger partial charge < -0.3 is 10.6 Å². The summed E-state index contributed by atoms with van der Waals surface area (Å²) in [6, 6.07) is 5.92. The van der Waals surface area contributed by atoms with Crippen LogP contribution in [-0.4, -0.2) is 27.2 Å². The lowest BCUT2D eigenvalue weighted by Crippen LogP contribution is -2.21. The molecule has 0 aliphatic heterocycles. The molecule has 0 saturated carbocycles. The third-order valence-corrected chi connectivity index (χ3v) is 3.93. The molecule has 23 heavy (non-hydrogen) atoms. The van der Waals surface area contributed by atoms with Gasteiger partial charge in [0, 0.05) is 5.75 Å². The molecule has 0 atom stereocenters. The molecule has 1 heterocycles. The molecule has 0 spiro atoms. The minimum absolute atomic E-state index is 0.0312. The summed E-state index contributed by atoms with van der Waals surface area (Å²) in [7, 11) is 0. The third kappa shape index (κ3) is 4.78. The van der Waals surface area contributed by atoms with Crippen LogP contribution in [0.25, 0.3) is 0 Å². The maximum absolute atomic E-state index is 12.5. The summed E-state index contributed by atoms with van der Waals surface area (Å²) < 4.78 is 43.7. The van der Waals surface area contributed by atoms with Gasteiger partial charge in [-0.25, -0.2) is 4.68 Å². The van der Waals surface area contributed by atoms with E-state index in [9.17, 15) is 13.2 Å². The minimum Gasteiger partial charge on any atom is -0.494 e. The number of ether oxygens (including phenoxy) is 1. The standard InChI is InChI=1S/C14H17F3N4OS/c1-9-6-10(2)8-11(7-9)22-4-3-5-23-13-20-19-12(21(13)18)14(15,16)17/h6-8H,3-5,18H2,1-2H3. The maximum atomic E-state index is 12.5. The number of alkyl halides is 3. The Balaban J connectivity index is 1.79. The van der Waals surface area contributed by atoms with Gasteiger partial charge in [0.05, 0.1) is 6.61 Å². The fraction of sp³-hybridized carbons (Fsp3) is 0.429. The van der Waals surface area contributed by atoms with Crippen LogP contribution in [0.2, 0.25) is 0 Å². The van der Waals surface area contributed by atoms with E-state index in [4.69, 9.17) is 10.6 Å². The van der Waals surface area contributed by atoms with Crippen LogP contribution in [0.3, 0.4) is 0 Å². The van der Waals surface area contributed by atoms with Crippen LogP contribution >= 0.6 is 11.8 Å². The van der Waals surface area contributed by atoms with Crippen LogP contribution in [-0.2, 0) is 6.18 Å². The molecular weight excluding hydrogens is 329 g/mol. The van der Waals surface area contributed by atoms with Crippen molar-refractivity contribution in [2.24, 2.45) is 0 Å². The normalized spacial score (nSPS) is 11.7. The summed E-state index contributed by atoms with van der Waals surface area (Å²) in [5.41, 5.74) is 2.23. The summed E-state index contributed by atoms with van der Waals surface area (Å²) in [5, 5.41) is 6.55. The van der Waals surface area contributed by atoms with E-state index in [1.54, 1.807) is 0 Å². The van der Waals surface area contributed by atoms with Crippen molar-refractivity contribution >= 4 is 11.8 Å². The highest BCUT2D eigenvalue weighted by Gasteiger charge is 2.38. The smallest absolute Gasteiger partial charge is 0.453 e. The Morgan fingerprint density at radius 3 is 2.39 bits per heavy atom. The number of nitrogen functional groups attached to an aromatic ring is 1. The Morgan fingerprint density at radius 1 is 1.17 bits per heavy atom. The monoisotopic (exact) mass is 346 g/mol. The quantitative estimate of drug-likeness (QED) is 0.494. The predicted molar refractivity (Wildman–Crippen MR) is 81.9 cm³/mol. The first-order valence-corrected chi connectivity index (χ1v) is 7.87. The van der Waals surface area contributed by atoms with Gasteiger partial charge in [-0.1, -0.05) is 17.8 Å². The van der Waals surface area contributed by atoms with Gasteiger partial charge in [0.1, 0.15) is 5.75 Å². The molecule has 1 aromatic carbocycles. The van der Waals surface area contributed by atoms with E-state index in [1.165, 1.54) is 0 Å². The van der Waals surface area contributed by atoms with Gasteiger partial charge >= 0.3 is 6.18 Å². The molecule has 0 amide bonds. The van der Waals surface area contributed by atoms with Gasteiger partial charge in [-0.15, -0.1) is 10.2 Å². The topological polar surface area (TPSA) is 66.0 Å². The number of aromatic nitrogens is 3. The molecule has 2 N–H and O–H groups in total. The molecule has 2 aromatic rings. The first-order chi connectivity index (χ1) is 10.8. The number of aryl methyl sites for hydroxylation is 2. The second kappa shape index (κ2) is 7.12. The molecule has 0 bridgehead atoms. The highest BCUT2D eigenvalue weighted by Crippen LogP contribution is 2.29. The lowest BCUT2D eigenvalue weighted by molar-refractivity contribution is -0.146. The van der Waals surface area contributed by atoms with Crippen molar-refractivity contribution in [3.8, 4) is 5.75 Å². The summed E-state index contributed by atoms with van der Waals surface area (Å²) in [6.45, 7) is 4.44. The number of hydrogen-bond acceptors (Lipinski definition) is 5. The van der Waals surface area contributed by atoms with E-state index in [-0.39, 0.29) is 5.16 Å². The molecule has 0 saturated heterocycles. The Bertz CT molecular complexity index is 652. The molecule has 0 aliphatic carbocycles. The molecule has 1 aromatic heterocycles. The predicted octanol–water partition coefficient (Wildman–Crippen LogP) is 3.19. The number of rotatable bonds is 6. The van der Waals surface area contributed by atoms with Crippen LogP contribution in [0.15, 0.2) is 23.4 Å². The van der Waals surface area contributed by atoms with E-state index in [0.717, 1.165) is 28.6 Å². The Hall–Kier alpha value is -1.90. The van der Waals surface area contributed by atoms with Gasteiger partial charge in [0.25, 0.3) is 5.82 Å². The first kappa shape index (κ1) is 17.5. The van der Waals surface area contributed by atoms with Gasteiger partial charge in [0.2, 0.25) is 5.16 Å². The van der Waals surface area contributed by atoms with Crippen LogP contribution in [0.1, 0.15) is 23.4 Å². The summed E-state index contributed by atoms with van der Waals surface area (Å²) in [5.74, 6) is 5.46. The second-order valence-corrected chi connectivity index (χ2v) is 6.11. The fourth-order valence-electron chi connectivity index (χ4n) is 2.00. The Kier molecular flexibility index (Phi) is 5.40.